The van der Waals surface area contributed by atoms with Gasteiger partial charge in [-0.15, -0.1) is 0 Å². The fraction of sp³-hybridized carbons (Fsp3) is 0.812. The van der Waals surface area contributed by atoms with Gasteiger partial charge in [-0.25, -0.2) is 4.79 Å². The van der Waals surface area contributed by atoms with Gasteiger partial charge in [-0.05, 0) is 32.1 Å². The first-order valence-corrected chi connectivity index (χ1v) is 7.71. The van der Waals surface area contributed by atoms with Gasteiger partial charge in [0.25, 0.3) is 0 Å². The van der Waals surface area contributed by atoms with Crippen molar-refractivity contribution in [1.82, 2.24) is 0 Å². The topological polar surface area (TPSA) is 35.5 Å². The van der Waals surface area contributed by atoms with Gasteiger partial charge < -0.3 is 9.47 Å². The van der Waals surface area contributed by atoms with Gasteiger partial charge in [-0.1, -0.05) is 39.2 Å². The molecule has 0 amide bonds. The van der Waals surface area contributed by atoms with Crippen LogP contribution in [0.15, 0.2) is 12.7 Å². The summed E-state index contributed by atoms with van der Waals surface area (Å²) < 4.78 is 11.1. The summed E-state index contributed by atoms with van der Waals surface area (Å²) in [4.78, 5) is 11.1. The third-order valence-corrected chi connectivity index (χ3v) is 3.67. The van der Waals surface area contributed by atoms with Crippen LogP contribution in [-0.4, -0.2) is 24.8 Å². The molecule has 0 saturated heterocycles. The largest absolute Gasteiger partial charge is 0.459 e. The molecule has 0 spiro atoms. The van der Waals surface area contributed by atoms with Gasteiger partial charge in [0, 0.05) is 12.7 Å². The van der Waals surface area contributed by atoms with Gasteiger partial charge in [0.1, 0.15) is 6.10 Å². The van der Waals surface area contributed by atoms with Crippen molar-refractivity contribution in [2.75, 3.05) is 6.61 Å². The van der Waals surface area contributed by atoms with Gasteiger partial charge in [-0.3, -0.25) is 0 Å². The molecule has 1 rings (SSSR count). The highest BCUT2D eigenvalue weighted by Crippen LogP contribution is 2.23. The molecule has 0 heterocycles. The maximum atomic E-state index is 11.1. The molecule has 19 heavy (non-hydrogen) atoms. The quantitative estimate of drug-likeness (QED) is 0.360. The van der Waals surface area contributed by atoms with Crippen molar-refractivity contribution in [2.24, 2.45) is 0 Å². The van der Waals surface area contributed by atoms with Gasteiger partial charge in [0.15, 0.2) is 0 Å². The first-order chi connectivity index (χ1) is 9.26. The molecule has 3 heteroatoms. The second kappa shape index (κ2) is 10.0. The number of carbonyl (C=O) groups excluding carboxylic acids is 1. The third kappa shape index (κ3) is 7.36. The molecule has 0 unspecified atom stereocenters. The number of carbonyl (C=O) groups is 1. The lowest BCUT2D eigenvalue weighted by molar-refractivity contribution is -0.145. The van der Waals surface area contributed by atoms with E-state index in [1.54, 1.807) is 0 Å². The second-order valence-corrected chi connectivity index (χ2v) is 5.32. The first kappa shape index (κ1) is 16.2. The SMILES string of the molecule is C=CC(=O)OC1CCC(OCCCCCCC)CC1. The van der Waals surface area contributed by atoms with Crippen LogP contribution in [-0.2, 0) is 14.3 Å². The molecule has 1 aliphatic rings. The van der Waals surface area contributed by atoms with E-state index in [0.717, 1.165) is 32.3 Å². The van der Waals surface area contributed by atoms with E-state index >= 15 is 0 Å². The average Bonchev–Trinajstić information content (AvgIpc) is 2.44. The highest BCUT2D eigenvalue weighted by Gasteiger charge is 2.23. The van der Waals surface area contributed by atoms with E-state index in [9.17, 15) is 4.79 Å². The third-order valence-electron chi connectivity index (χ3n) is 3.67. The van der Waals surface area contributed by atoms with E-state index in [2.05, 4.69) is 13.5 Å². The Morgan fingerprint density at radius 3 is 2.37 bits per heavy atom. The number of esters is 1. The molecule has 0 N–H and O–H groups in total. The zero-order valence-electron chi connectivity index (χ0n) is 12.2. The molecule has 1 fully saturated rings. The summed E-state index contributed by atoms with van der Waals surface area (Å²) in [6, 6.07) is 0. The fourth-order valence-electron chi connectivity index (χ4n) is 2.48. The molecule has 3 nitrogen and oxygen atoms in total. The lowest BCUT2D eigenvalue weighted by atomic mass is 9.95. The molecular formula is C16H28O3. The predicted octanol–water partition coefficient (Wildman–Crippen LogP) is 4.01. The zero-order valence-corrected chi connectivity index (χ0v) is 12.2. The first-order valence-electron chi connectivity index (χ1n) is 7.71. The van der Waals surface area contributed by atoms with E-state index in [1.807, 2.05) is 0 Å². The number of ether oxygens (including phenoxy) is 2. The monoisotopic (exact) mass is 268 g/mol. The zero-order chi connectivity index (χ0) is 13.9. The molecule has 0 atom stereocenters. The van der Waals surface area contributed by atoms with E-state index in [1.165, 1.54) is 38.2 Å². The molecule has 0 aromatic carbocycles. The van der Waals surface area contributed by atoms with E-state index in [0.29, 0.717) is 6.10 Å². The summed E-state index contributed by atoms with van der Waals surface area (Å²) >= 11 is 0. The minimum absolute atomic E-state index is 0.0647. The van der Waals surface area contributed by atoms with Crippen molar-refractivity contribution in [3.8, 4) is 0 Å². The summed E-state index contributed by atoms with van der Waals surface area (Å²) in [5.74, 6) is -0.305. The minimum Gasteiger partial charge on any atom is -0.459 e. The Kier molecular flexibility index (Phi) is 8.55. The Bertz CT molecular complexity index is 255. The van der Waals surface area contributed by atoms with E-state index in [-0.39, 0.29) is 12.1 Å². The highest BCUT2D eigenvalue weighted by atomic mass is 16.5. The van der Waals surface area contributed by atoms with Crippen LogP contribution in [0.2, 0.25) is 0 Å². The van der Waals surface area contributed by atoms with Crippen molar-refractivity contribution in [1.29, 1.82) is 0 Å². The van der Waals surface area contributed by atoms with Crippen molar-refractivity contribution < 1.29 is 14.3 Å². The van der Waals surface area contributed by atoms with Crippen LogP contribution in [0.5, 0.6) is 0 Å². The van der Waals surface area contributed by atoms with E-state index in [4.69, 9.17) is 9.47 Å². The Hall–Kier alpha value is -0.830. The minimum atomic E-state index is -0.305. The number of hydrogen-bond donors (Lipinski definition) is 0. The summed E-state index contributed by atoms with van der Waals surface area (Å²) in [5, 5.41) is 0. The molecular weight excluding hydrogens is 240 g/mol. The Morgan fingerprint density at radius 1 is 1.11 bits per heavy atom. The van der Waals surface area contributed by atoms with Crippen LogP contribution in [0.25, 0.3) is 0 Å². The maximum absolute atomic E-state index is 11.1. The normalized spacial score (nSPS) is 23.0. The Labute approximate surface area is 117 Å². The van der Waals surface area contributed by atoms with Gasteiger partial charge >= 0.3 is 5.97 Å². The number of rotatable bonds is 9. The predicted molar refractivity (Wildman–Crippen MR) is 77.0 cm³/mol. The molecule has 0 radical (unpaired) electrons. The number of unbranched alkanes of at least 4 members (excludes halogenated alkanes) is 4. The maximum Gasteiger partial charge on any atom is 0.330 e. The van der Waals surface area contributed by atoms with Crippen LogP contribution in [0.3, 0.4) is 0 Å². The molecule has 0 aromatic rings. The summed E-state index contributed by atoms with van der Waals surface area (Å²) in [6.45, 7) is 6.52. The van der Waals surface area contributed by atoms with Crippen LogP contribution < -0.4 is 0 Å². The van der Waals surface area contributed by atoms with Crippen molar-refractivity contribution >= 4 is 5.97 Å². The summed E-state index contributed by atoms with van der Waals surface area (Å²) in [7, 11) is 0. The second-order valence-electron chi connectivity index (χ2n) is 5.32. The van der Waals surface area contributed by atoms with Crippen LogP contribution in [0.4, 0.5) is 0 Å². The standard InChI is InChI=1S/C16H28O3/c1-3-5-6-7-8-13-18-14-9-11-15(12-10-14)19-16(17)4-2/h4,14-15H,2-3,5-13H2,1H3. The van der Waals surface area contributed by atoms with Gasteiger partial charge in [0.05, 0.1) is 6.10 Å². The van der Waals surface area contributed by atoms with Crippen molar-refractivity contribution in [3.63, 3.8) is 0 Å². The molecule has 1 saturated carbocycles. The molecule has 1 aliphatic carbocycles. The molecule has 110 valence electrons. The smallest absolute Gasteiger partial charge is 0.330 e. The van der Waals surface area contributed by atoms with Gasteiger partial charge in [0.2, 0.25) is 0 Å². The van der Waals surface area contributed by atoms with Crippen LogP contribution in [0, 0.1) is 0 Å². The summed E-state index contributed by atoms with van der Waals surface area (Å²) in [6.07, 6.45) is 11.9. The van der Waals surface area contributed by atoms with Crippen molar-refractivity contribution in [3.05, 3.63) is 12.7 Å². The Balaban J connectivity index is 2.00. The fourth-order valence-corrected chi connectivity index (χ4v) is 2.48. The number of hydrogen-bond acceptors (Lipinski definition) is 3. The molecule has 0 aliphatic heterocycles. The van der Waals surface area contributed by atoms with Crippen LogP contribution >= 0.6 is 0 Å². The summed E-state index contributed by atoms with van der Waals surface area (Å²) in [5.41, 5.74) is 0. The lowest BCUT2D eigenvalue weighted by Crippen LogP contribution is -2.28. The van der Waals surface area contributed by atoms with Crippen molar-refractivity contribution in [2.45, 2.75) is 76.9 Å². The van der Waals surface area contributed by atoms with E-state index < -0.39 is 0 Å². The highest BCUT2D eigenvalue weighted by molar-refractivity contribution is 5.81. The Morgan fingerprint density at radius 2 is 1.74 bits per heavy atom. The lowest BCUT2D eigenvalue weighted by Gasteiger charge is -2.28. The molecule has 0 bridgehead atoms. The molecule has 0 aromatic heterocycles. The average molecular weight is 268 g/mol. The van der Waals surface area contributed by atoms with Crippen LogP contribution in [0.1, 0.15) is 64.7 Å². The van der Waals surface area contributed by atoms with Gasteiger partial charge in [-0.2, -0.15) is 0 Å².